The van der Waals surface area contributed by atoms with E-state index in [1.807, 2.05) is 0 Å². The van der Waals surface area contributed by atoms with Crippen molar-refractivity contribution >= 4 is 0 Å². The van der Waals surface area contributed by atoms with Crippen LogP contribution < -0.4 is 5.32 Å². The van der Waals surface area contributed by atoms with Crippen molar-refractivity contribution in [1.29, 1.82) is 0 Å². The summed E-state index contributed by atoms with van der Waals surface area (Å²) < 4.78 is 0. The topological polar surface area (TPSA) is 35.5 Å². The fraction of sp³-hybridized carbons (Fsp3) is 1.00. The van der Waals surface area contributed by atoms with Gasteiger partial charge in [-0.05, 0) is 77.2 Å². The molecule has 1 aliphatic carbocycles. The number of hydrogen-bond donors (Lipinski definition) is 2. The van der Waals surface area contributed by atoms with Crippen LogP contribution in [0, 0.1) is 11.8 Å². The van der Waals surface area contributed by atoms with Gasteiger partial charge in [0.25, 0.3) is 0 Å². The highest BCUT2D eigenvalue weighted by Gasteiger charge is 2.23. The second-order valence-electron chi connectivity index (χ2n) is 5.74. The molecule has 0 aromatic heterocycles. The summed E-state index contributed by atoms with van der Waals surface area (Å²) in [6.07, 6.45) is 5.91. The minimum Gasteiger partial charge on any atom is -0.393 e. The van der Waals surface area contributed by atoms with Crippen LogP contribution in [0.3, 0.4) is 0 Å². The molecule has 0 aromatic rings. The van der Waals surface area contributed by atoms with E-state index in [4.69, 9.17) is 0 Å². The molecule has 0 radical (unpaired) electrons. The van der Waals surface area contributed by atoms with Gasteiger partial charge in [-0.25, -0.2) is 0 Å². The van der Waals surface area contributed by atoms with Crippen LogP contribution >= 0.6 is 0 Å². The average molecular weight is 226 g/mol. The van der Waals surface area contributed by atoms with Gasteiger partial charge in [0.15, 0.2) is 0 Å². The second-order valence-corrected chi connectivity index (χ2v) is 5.74. The molecule has 0 aromatic carbocycles. The van der Waals surface area contributed by atoms with Crippen LogP contribution in [0.15, 0.2) is 0 Å². The molecule has 2 N–H and O–H groups in total. The van der Waals surface area contributed by atoms with Crippen LogP contribution in [0.25, 0.3) is 0 Å². The van der Waals surface area contributed by atoms with E-state index in [2.05, 4.69) is 17.3 Å². The zero-order valence-corrected chi connectivity index (χ0v) is 10.5. The third-order valence-electron chi connectivity index (χ3n) is 4.22. The monoisotopic (exact) mass is 226 g/mol. The van der Waals surface area contributed by atoms with E-state index in [1.54, 1.807) is 0 Å². The number of aliphatic hydroxyl groups excluding tert-OH is 1. The highest BCUT2D eigenvalue weighted by molar-refractivity contribution is 4.77. The first-order chi connectivity index (χ1) is 7.74. The average Bonchev–Trinajstić information content (AvgIpc) is 2.67. The van der Waals surface area contributed by atoms with E-state index in [9.17, 15) is 5.11 Å². The summed E-state index contributed by atoms with van der Waals surface area (Å²) in [6.45, 7) is 4.81. The number of piperidine rings is 1. The Balaban J connectivity index is 1.54. The predicted molar refractivity (Wildman–Crippen MR) is 66.4 cm³/mol. The third-order valence-corrected chi connectivity index (χ3v) is 4.22. The van der Waals surface area contributed by atoms with Gasteiger partial charge in [-0.15, -0.1) is 0 Å². The van der Waals surface area contributed by atoms with E-state index < -0.39 is 0 Å². The van der Waals surface area contributed by atoms with Crippen LogP contribution in [-0.2, 0) is 0 Å². The van der Waals surface area contributed by atoms with Crippen molar-refractivity contribution in [1.82, 2.24) is 10.2 Å². The summed E-state index contributed by atoms with van der Waals surface area (Å²) in [4.78, 5) is 2.42. The maximum Gasteiger partial charge on any atom is 0.0543 e. The summed E-state index contributed by atoms with van der Waals surface area (Å²) in [5.74, 6) is 1.60. The first-order valence-electron chi connectivity index (χ1n) is 6.81. The van der Waals surface area contributed by atoms with Crippen molar-refractivity contribution in [3.63, 3.8) is 0 Å². The van der Waals surface area contributed by atoms with Crippen molar-refractivity contribution in [2.24, 2.45) is 11.8 Å². The molecule has 2 rings (SSSR count). The van der Waals surface area contributed by atoms with Gasteiger partial charge in [0.1, 0.15) is 0 Å². The first-order valence-corrected chi connectivity index (χ1v) is 6.81. The minimum atomic E-state index is -0.0184. The minimum absolute atomic E-state index is 0.0184. The van der Waals surface area contributed by atoms with Crippen LogP contribution in [-0.4, -0.2) is 49.3 Å². The van der Waals surface area contributed by atoms with E-state index in [-0.39, 0.29) is 6.10 Å². The van der Waals surface area contributed by atoms with Gasteiger partial charge in [0, 0.05) is 0 Å². The number of rotatable bonds is 4. The largest absolute Gasteiger partial charge is 0.393 e. The first kappa shape index (κ1) is 12.3. The lowest BCUT2D eigenvalue weighted by Gasteiger charge is -2.29. The normalized spacial score (nSPS) is 33.4. The Kier molecular flexibility index (Phi) is 4.62. The number of hydrogen-bond acceptors (Lipinski definition) is 3. The third kappa shape index (κ3) is 3.72. The van der Waals surface area contributed by atoms with Crippen molar-refractivity contribution < 1.29 is 5.11 Å². The summed E-state index contributed by atoms with van der Waals surface area (Å²) in [7, 11) is 2.21. The Morgan fingerprint density at radius 1 is 1.06 bits per heavy atom. The highest BCUT2D eigenvalue weighted by atomic mass is 16.3. The van der Waals surface area contributed by atoms with E-state index in [0.717, 1.165) is 31.2 Å². The maximum absolute atomic E-state index is 9.44. The van der Waals surface area contributed by atoms with Crippen molar-refractivity contribution in [3.05, 3.63) is 0 Å². The van der Waals surface area contributed by atoms with Crippen LogP contribution in [0.5, 0.6) is 0 Å². The van der Waals surface area contributed by atoms with E-state index in [0.29, 0.717) is 0 Å². The fourth-order valence-corrected chi connectivity index (χ4v) is 2.99. The van der Waals surface area contributed by atoms with E-state index >= 15 is 0 Å². The lowest BCUT2D eigenvalue weighted by atomic mass is 9.97. The number of nitrogens with one attached hydrogen (secondary N) is 1. The van der Waals surface area contributed by atoms with Crippen LogP contribution in [0.1, 0.15) is 32.1 Å². The van der Waals surface area contributed by atoms with Gasteiger partial charge in [-0.2, -0.15) is 0 Å². The molecule has 2 aliphatic rings. The fourth-order valence-electron chi connectivity index (χ4n) is 2.99. The molecule has 1 saturated heterocycles. The molecule has 1 heterocycles. The maximum atomic E-state index is 9.44. The van der Waals surface area contributed by atoms with Gasteiger partial charge in [-0.1, -0.05) is 0 Å². The molecule has 16 heavy (non-hydrogen) atoms. The summed E-state index contributed by atoms with van der Waals surface area (Å²) in [6, 6.07) is 0. The summed E-state index contributed by atoms with van der Waals surface area (Å²) >= 11 is 0. The van der Waals surface area contributed by atoms with Gasteiger partial charge in [-0.3, -0.25) is 0 Å². The lowest BCUT2D eigenvalue weighted by molar-refractivity contribution is 0.176. The molecule has 3 heteroatoms. The van der Waals surface area contributed by atoms with Crippen LogP contribution in [0.4, 0.5) is 0 Å². The van der Waals surface area contributed by atoms with Gasteiger partial charge in [0.2, 0.25) is 0 Å². The van der Waals surface area contributed by atoms with Crippen molar-refractivity contribution in [2.45, 2.75) is 38.2 Å². The highest BCUT2D eigenvalue weighted by Crippen LogP contribution is 2.24. The molecule has 2 fully saturated rings. The number of likely N-dealkylation sites (tertiary alicyclic amines) is 1. The van der Waals surface area contributed by atoms with Crippen molar-refractivity contribution in [2.75, 3.05) is 33.2 Å². The Labute approximate surface area is 99.2 Å². The molecule has 0 bridgehead atoms. The lowest BCUT2D eigenvalue weighted by Crippen LogP contribution is -2.36. The SMILES string of the molecule is CN1CCC(CNCC2CCC(O)C2)CC1. The Bertz CT molecular complexity index is 202. The molecule has 2 unspecified atom stereocenters. The van der Waals surface area contributed by atoms with Crippen LogP contribution in [0.2, 0.25) is 0 Å². The summed E-state index contributed by atoms with van der Waals surface area (Å²) in [5.41, 5.74) is 0. The molecule has 0 spiro atoms. The zero-order valence-electron chi connectivity index (χ0n) is 10.5. The van der Waals surface area contributed by atoms with Gasteiger partial charge >= 0.3 is 0 Å². The number of aliphatic hydroxyl groups is 1. The zero-order chi connectivity index (χ0) is 11.4. The van der Waals surface area contributed by atoms with Gasteiger partial charge in [0.05, 0.1) is 6.10 Å². The standard InChI is InChI=1S/C13H26N2O/c1-15-6-4-11(5-7-15)9-14-10-12-2-3-13(16)8-12/h11-14,16H,2-10H2,1H3. The molecule has 0 amide bonds. The van der Waals surface area contributed by atoms with E-state index in [1.165, 1.54) is 38.9 Å². The molecule has 2 atom stereocenters. The number of nitrogens with zero attached hydrogens (tertiary/aromatic N) is 1. The quantitative estimate of drug-likeness (QED) is 0.753. The molecular formula is C13H26N2O. The second kappa shape index (κ2) is 5.99. The molecular weight excluding hydrogens is 200 g/mol. The molecule has 94 valence electrons. The molecule has 1 aliphatic heterocycles. The smallest absolute Gasteiger partial charge is 0.0543 e. The van der Waals surface area contributed by atoms with Gasteiger partial charge < -0.3 is 15.3 Å². The molecule has 1 saturated carbocycles. The Morgan fingerprint density at radius 3 is 2.38 bits per heavy atom. The summed E-state index contributed by atoms with van der Waals surface area (Å²) in [5, 5.41) is 13.0. The Morgan fingerprint density at radius 2 is 1.75 bits per heavy atom. The Hall–Kier alpha value is -0.120. The molecule has 3 nitrogen and oxygen atoms in total. The predicted octanol–water partition coefficient (Wildman–Crippen LogP) is 1.08. The van der Waals surface area contributed by atoms with Crippen molar-refractivity contribution in [3.8, 4) is 0 Å².